The number of hydrogen-bond acceptors (Lipinski definition) is 5. The Bertz CT molecular complexity index is 968. The lowest BCUT2D eigenvalue weighted by Crippen LogP contribution is -2.08. The summed E-state index contributed by atoms with van der Waals surface area (Å²) in [4.78, 5) is 24.5. The van der Waals surface area contributed by atoms with E-state index in [4.69, 9.17) is 9.15 Å². The van der Waals surface area contributed by atoms with E-state index >= 15 is 0 Å². The Morgan fingerprint density at radius 2 is 1.96 bits per heavy atom. The number of aryl methyl sites for hydroxylation is 1. The molecule has 0 aliphatic heterocycles. The van der Waals surface area contributed by atoms with Crippen molar-refractivity contribution in [3.05, 3.63) is 51.7 Å². The molecule has 2 aromatic carbocycles. The minimum atomic E-state index is -0.478. The average Bonchev–Trinajstić information content (AvgIpc) is 2.55. The molecule has 0 aliphatic carbocycles. The molecule has 0 bridgehead atoms. The Morgan fingerprint density at radius 1 is 1.17 bits per heavy atom. The average molecular weight is 312 g/mol. The predicted octanol–water partition coefficient (Wildman–Crippen LogP) is 3.39. The maximum Gasteiger partial charge on any atom is 0.338 e. The molecular formula is C18H16O5. The summed E-state index contributed by atoms with van der Waals surface area (Å²) in [7, 11) is 0. The first kappa shape index (κ1) is 15.1. The molecule has 0 amide bonds. The molecule has 5 heteroatoms. The van der Waals surface area contributed by atoms with Crippen LogP contribution in [0.15, 0.2) is 39.5 Å². The summed E-state index contributed by atoms with van der Waals surface area (Å²) in [5.74, 6) is -0.375. The first-order valence-electron chi connectivity index (χ1n) is 7.45. The minimum Gasteiger partial charge on any atom is -0.508 e. The van der Waals surface area contributed by atoms with Crippen LogP contribution < -0.4 is 5.43 Å². The summed E-state index contributed by atoms with van der Waals surface area (Å²) in [5.41, 5.74) is 1.42. The van der Waals surface area contributed by atoms with Gasteiger partial charge in [-0.3, -0.25) is 4.79 Å². The highest BCUT2D eigenvalue weighted by molar-refractivity contribution is 5.97. The van der Waals surface area contributed by atoms with Crippen LogP contribution in [0.5, 0.6) is 5.75 Å². The molecular weight excluding hydrogens is 296 g/mol. The molecule has 0 unspecified atom stereocenters. The fourth-order valence-electron chi connectivity index (χ4n) is 2.65. The molecule has 3 rings (SSSR count). The lowest BCUT2D eigenvalue weighted by Gasteiger charge is -2.08. The zero-order chi connectivity index (χ0) is 16.6. The van der Waals surface area contributed by atoms with E-state index in [2.05, 4.69) is 0 Å². The van der Waals surface area contributed by atoms with Gasteiger partial charge in [0.15, 0.2) is 0 Å². The van der Waals surface area contributed by atoms with Crippen molar-refractivity contribution in [1.29, 1.82) is 0 Å². The molecule has 0 radical (unpaired) electrons. The van der Waals surface area contributed by atoms with Gasteiger partial charge in [0.05, 0.1) is 22.9 Å². The van der Waals surface area contributed by atoms with E-state index in [0.717, 1.165) is 0 Å². The van der Waals surface area contributed by atoms with Crippen LogP contribution in [-0.2, 0) is 11.2 Å². The molecule has 0 atom stereocenters. The van der Waals surface area contributed by atoms with Crippen LogP contribution in [0.3, 0.4) is 0 Å². The van der Waals surface area contributed by atoms with Crippen molar-refractivity contribution in [2.24, 2.45) is 0 Å². The van der Waals surface area contributed by atoms with Crippen LogP contribution in [0.1, 0.15) is 29.8 Å². The Morgan fingerprint density at radius 3 is 2.65 bits per heavy atom. The Labute approximate surface area is 132 Å². The van der Waals surface area contributed by atoms with Crippen LogP contribution in [0.4, 0.5) is 0 Å². The molecule has 1 aromatic heterocycles. The molecule has 23 heavy (non-hydrogen) atoms. The maximum atomic E-state index is 12.7. The van der Waals surface area contributed by atoms with Gasteiger partial charge in [0.25, 0.3) is 0 Å². The highest BCUT2D eigenvalue weighted by Crippen LogP contribution is 2.28. The Balaban J connectivity index is 2.33. The second-order valence-corrected chi connectivity index (χ2v) is 5.16. The topological polar surface area (TPSA) is 76.7 Å². The second kappa shape index (κ2) is 5.76. The smallest absolute Gasteiger partial charge is 0.338 e. The quantitative estimate of drug-likeness (QED) is 0.592. The highest BCUT2D eigenvalue weighted by Gasteiger charge is 2.15. The van der Waals surface area contributed by atoms with Gasteiger partial charge in [0.1, 0.15) is 16.9 Å². The van der Waals surface area contributed by atoms with E-state index in [0.29, 0.717) is 39.5 Å². The number of esters is 1. The number of phenolic OH excluding ortho intramolecular Hbond substituents is 1. The predicted molar refractivity (Wildman–Crippen MR) is 87.0 cm³/mol. The highest BCUT2D eigenvalue weighted by atomic mass is 16.5. The molecule has 0 spiro atoms. The number of fused-ring (bicyclic) bond motifs is 2. The van der Waals surface area contributed by atoms with Crippen molar-refractivity contribution < 1.29 is 19.1 Å². The molecule has 0 fully saturated rings. The monoisotopic (exact) mass is 312 g/mol. The molecule has 5 nitrogen and oxygen atoms in total. The molecule has 0 saturated carbocycles. The number of benzene rings is 2. The van der Waals surface area contributed by atoms with E-state index in [1.807, 2.05) is 6.92 Å². The van der Waals surface area contributed by atoms with Crippen molar-refractivity contribution in [2.45, 2.75) is 20.3 Å². The minimum absolute atomic E-state index is 0.102. The summed E-state index contributed by atoms with van der Waals surface area (Å²) < 4.78 is 10.8. The largest absolute Gasteiger partial charge is 0.508 e. The van der Waals surface area contributed by atoms with E-state index in [1.165, 1.54) is 18.2 Å². The van der Waals surface area contributed by atoms with Gasteiger partial charge in [0, 0.05) is 5.56 Å². The summed E-state index contributed by atoms with van der Waals surface area (Å²) in [6.45, 7) is 3.87. The number of rotatable bonds is 3. The number of aromatic hydroxyl groups is 1. The molecule has 1 heterocycles. The Hall–Kier alpha value is -2.82. The zero-order valence-electron chi connectivity index (χ0n) is 12.9. The van der Waals surface area contributed by atoms with Crippen molar-refractivity contribution in [3.63, 3.8) is 0 Å². The van der Waals surface area contributed by atoms with Crippen LogP contribution in [0.25, 0.3) is 21.9 Å². The van der Waals surface area contributed by atoms with Crippen LogP contribution in [0, 0.1) is 0 Å². The zero-order valence-corrected chi connectivity index (χ0v) is 12.9. The molecule has 0 saturated heterocycles. The van der Waals surface area contributed by atoms with E-state index < -0.39 is 5.97 Å². The number of phenols is 1. The third-order valence-electron chi connectivity index (χ3n) is 3.78. The lowest BCUT2D eigenvalue weighted by atomic mass is 10.0. The fraction of sp³-hybridized carbons (Fsp3) is 0.222. The van der Waals surface area contributed by atoms with Gasteiger partial charge in [-0.05, 0) is 43.7 Å². The summed E-state index contributed by atoms with van der Waals surface area (Å²) in [6, 6.07) is 7.64. The van der Waals surface area contributed by atoms with Gasteiger partial charge in [-0.2, -0.15) is 0 Å². The fourth-order valence-corrected chi connectivity index (χ4v) is 2.65. The lowest BCUT2D eigenvalue weighted by molar-refractivity contribution is 0.0526. The summed E-state index contributed by atoms with van der Waals surface area (Å²) in [6.07, 6.45) is 0.540. The first-order chi connectivity index (χ1) is 11.1. The molecule has 1 N–H and O–H groups in total. The number of carbonyl (C=O) groups is 1. The standard InChI is InChI=1S/C18H16O5/c1-3-11-14(19)7-6-12-16(20)13-9-10(18(21)22-4-2)5-8-15(13)23-17(11)12/h5-9,19H,3-4H2,1-2H3. The SMILES string of the molecule is CCOC(=O)c1ccc2oc3c(CC)c(O)ccc3c(=O)c2c1. The van der Waals surface area contributed by atoms with E-state index in [-0.39, 0.29) is 17.8 Å². The first-order valence-corrected chi connectivity index (χ1v) is 7.45. The van der Waals surface area contributed by atoms with Gasteiger partial charge in [0.2, 0.25) is 5.43 Å². The van der Waals surface area contributed by atoms with Gasteiger partial charge < -0.3 is 14.3 Å². The van der Waals surface area contributed by atoms with Crippen molar-refractivity contribution in [1.82, 2.24) is 0 Å². The third-order valence-corrected chi connectivity index (χ3v) is 3.78. The Kier molecular flexibility index (Phi) is 3.78. The van der Waals surface area contributed by atoms with E-state index in [1.54, 1.807) is 19.1 Å². The number of hydrogen-bond donors (Lipinski definition) is 1. The van der Waals surface area contributed by atoms with Gasteiger partial charge in [-0.1, -0.05) is 6.92 Å². The van der Waals surface area contributed by atoms with Gasteiger partial charge in [-0.25, -0.2) is 4.79 Å². The van der Waals surface area contributed by atoms with Crippen LogP contribution in [0.2, 0.25) is 0 Å². The molecule has 0 aliphatic rings. The number of ether oxygens (including phenoxy) is 1. The van der Waals surface area contributed by atoms with Crippen LogP contribution >= 0.6 is 0 Å². The summed E-state index contributed by atoms with van der Waals surface area (Å²) in [5, 5.41) is 10.6. The van der Waals surface area contributed by atoms with Crippen molar-refractivity contribution in [3.8, 4) is 5.75 Å². The normalized spacial score (nSPS) is 11.0. The van der Waals surface area contributed by atoms with Crippen molar-refractivity contribution >= 4 is 27.9 Å². The summed E-state index contributed by atoms with van der Waals surface area (Å²) >= 11 is 0. The van der Waals surface area contributed by atoms with Crippen molar-refractivity contribution in [2.75, 3.05) is 6.61 Å². The molecule has 118 valence electrons. The third kappa shape index (κ3) is 2.44. The second-order valence-electron chi connectivity index (χ2n) is 5.16. The van der Waals surface area contributed by atoms with Crippen LogP contribution in [-0.4, -0.2) is 17.7 Å². The van der Waals surface area contributed by atoms with Gasteiger partial charge in [-0.15, -0.1) is 0 Å². The molecule has 3 aromatic rings. The maximum absolute atomic E-state index is 12.7. The van der Waals surface area contributed by atoms with Gasteiger partial charge >= 0.3 is 5.97 Å². The van der Waals surface area contributed by atoms with E-state index in [9.17, 15) is 14.7 Å². The number of carbonyl (C=O) groups excluding carboxylic acids is 1.